The van der Waals surface area contributed by atoms with E-state index in [0.29, 0.717) is 0 Å². The third kappa shape index (κ3) is 1.62. The van der Waals surface area contributed by atoms with Gasteiger partial charge in [-0.05, 0) is 26.2 Å². The van der Waals surface area contributed by atoms with E-state index >= 15 is 0 Å². The van der Waals surface area contributed by atoms with Crippen molar-refractivity contribution in [1.29, 1.82) is 0 Å². The average Bonchev–Trinajstić information content (AvgIpc) is 2.55. The zero-order chi connectivity index (χ0) is 9.97. The molecular weight excluding hydrogens is 174 g/mol. The molecular formula is C11H15N3. The molecule has 3 nitrogen and oxygen atoms in total. The van der Waals surface area contributed by atoms with E-state index in [9.17, 15) is 0 Å². The number of hydrogen-bond acceptors (Lipinski definition) is 2. The second kappa shape index (κ2) is 3.78. The van der Waals surface area contributed by atoms with Gasteiger partial charge in [0.2, 0.25) is 0 Å². The van der Waals surface area contributed by atoms with E-state index in [-0.39, 0.29) is 0 Å². The van der Waals surface area contributed by atoms with Gasteiger partial charge in [0.05, 0.1) is 12.0 Å². The predicted octanol–water partition coefficient (Wildman–Crippen LogP) is 2.08. The number of aryl methyl sites for hydroxylation is 1. The summed E-state index contributed by atoms with van der Waals surface area (Å²) in [5.41, 5.74) is 3.37. The van der Waals surface area contributed by atoms with Crippen LogP contribution in [-0.2, 0) is 13.5 Å². The molecule has 1 aliphatic heterocycles. The molecule has 14 heavy (non-hydrogen) atoms. The van der Waals surface area contributed by atoms with Crippen molar-refractivity contribution in [2.24, 2.45) is 12.0 Å². The molecule has 2 rings (SSSR count). The summed E-state index contributed by atoms with van der Waals surface area (Å²) >= 11 is 0. The second-order valence-electron chi connectivity index (χ2n) is 3.64. The first-order valence-electron chi connectivity index (χ1n) is 4.99. The fourth-order valence-corrected chi connectivity index (χ4v) is 1.74. The molecule has 0 N–H and O–H groups in total. The molecule has 0 amide bonds. The smallest absolute Gasteiger partial charge is 0.105 e. The number of hydrogen-bond donors (Lipinski definition) is 0. The van der Waals surface area contributed by atoms with Gasteiger partial charge in [-0.1, -0.05) is 6.08 Å². The van der Waals surface area contributed by atoms with Crippen molar-refractivity contribution in [3.8, 4) is 0 Å². The molecule has 0 aromatic carbocycles. The van der Waals surface area contributed by atoms with Crippen LogP contribution in [0.5, 0.6) is 0 Å². The Morgan fingerprint density at radius 1 is 1.43 bits per heavy atom. The summed E-state index contributed by atoms with van der Waals surface area (Å²) in [4.78, 5) is 8.74. The van der Waals surface area contributed by atoms with Crippen molar-refractivity contribution < 1.29 is 0 Å². The standard InChI is InChI=1S/C11H15N3/c1-9-11-10(14(2)8-13-11)6-4-3-5-7-12-9/h5,7-8H,3-4,6H2,1-2H3/b7-5+,12-9-. The average molecular weight is 189 g/mol. The van der Waals surface area contributed by atoms with E-state index in [0.717, 1.165) is 24.2 Å². The van der Waals surface area contributed by atoms with Crippen LogP contribution in [0.15, 0.2) is 23.6 Å². The largest absolute Gasteiger partial charge is 0.337 e. The van der Waals surface area contributed by atoms with Crippen molar-refractivity contribution in [1.82, 2.24) is 9.55 Å². The molecule has 0 saturated heterocycles. The third-order valence-electron chi connectivity index (χ3n) is 2.56. The summed E-state index contributed by atoms with van der Waals surface area (Å²) in [5, 5.41) is 0. The lowest BCUT2D eigenvalue weighted by Gasteiger charge is -2.03. The molecule has 1 aromatic rings. The van der Waals surface area contributed by atoms with Gasteiger partial charge >= 0.3 is 0 Å². The summed E-state index contributed by atoms with van der Waals surface area (Å²) in [6.07, 6.45) is 9.24. The van der Waals surface area contributed by atoms with Crippen LogP contribution in [0.3, 0.4) is 0 Å². The van der Waals surface area contributed by atoms with Gasteiger partial charge in [-0.15, -0.1) is 0 Å². The lowest BCUT2D eigenvalue weighted by molar-refractivity contribution is 0.756. The minimum absolute atomic E-state index is 1.01. The molecule has 74 valence electrons. The van der Waals surface area contributed by atoms with Crippen molar-refractivity contribution in [3.05, 3.63) is 30.0 Å². The fraction of sp³-hybridized carbons (Fsp3) is 0.455. The maximum absolute atomic E-state index is 4.38. The van der Waals surface area contributed by atoms with Crippen molar-refractivity contribution >= 4 is 5.71 Å². The van der Waals surface area contributed by atoms with Crippen LogP contribution in [0.1, 0.15) is 31.2 Å². The lowest BCUT2D eigenvalue weighted by Crippen LogP contribution is -2.03. The highest BCUT2D eigenvalue weighted by molar-refractivity contribution is 5.98. The zero-order valence-electron chi connectivity index (χ0n) is 8.70. The number of aromatic nitrogens is 2. The Hall–Kier alpha value is -1.38. The van der Waals surface area contributed by atoms with Crippen molar-refractivity contribution in [2.75, 3.05) is 0 Å². The molecule has 0 bridgehead atoms. The molecule has 1 aliphatic rings. The molecule has 0 unspecified atom stereocenters. The Morgan fingerprint density at radius 2 is 2.29 bits per heavy atom. The molecule has 0 spiro atoms. The Morgan fingerprint density at radius 3 is 3.14 bits per heavy atom. The van der Waals surface area contributed by atoms with Crippen molar-refractivity contribution in [2.45, 2.75) is 26.2 Å². The first-order valence-corrected chi connectivity index (χ1v) is 4.99. The van der Waals surface area contributed by atoms with Gasteiger partial charge in [-0.25, -0.2) is 4.98 Å². The second-order valence-corrected chi connectivity index (χ2v) is 3.64. The van der Waals surface area contributed by atoms with Crippen LogP contribution in [0.4, 0.5) is 0 Å². The molecule has 0 fully saturated rings. The number of nitrogens with zero attached hydrogens (tertiary/aromatic N) is 3. The Bertz CT molecular complexity index is 385. The first kappa shape index (κ1) is 9.19. The van der Waals surface area contributed by atoms with Gasteiger partial charge < -0.3 is 4.57 Å². The van der Waals surface area contributed by atoms with Gasteiger partial charge in [0.25, 0.3) is 0 Å². The molecule has 0 radical (unpaired) electrons. The van der Waals surface area contributed by atoms with E-state index in [4.69, 9.17) is 0 Å². The SMILES string of the molecule is C/C1=N/C=C/CCCc2c1ncn2C. The van der Waals surface area contributed by atoms with Gasteiger partial charge in [0, 0.05) is 18.9 Å². The quantitative estimate of drug-likeness (QED) is 0.614. The van der Waals surface area contributed by atoms with Crippen LogP contribution in [0, 0.1) is 0 Å². The summed E-state index contributed by atoms with van der Waals surface area (Å²) in [6.45, 7) is 2.02. The summed E-state index contributed by atoms with van der Waals surface area (Å²) in [6, 6.07) is 0. The Labute approximate surface area is 84.2 Å². The minimum atomic E-state index is 1.01. The Kier molecular flexibility index (Phi) is 2.48. The zero-order valence-corrected chi connectivity index (χ0v) is 8.70. The van der Waals surface area contributed by atoms with Crippen LogP contribution in [-0.4, -0.2) is 15.3 Å². The molecule has 0 atom stereocenters. The lowest BCUT2D eigenvalue weighted by atomic mass is 10.1. The topological polar surface area (TPSA) is 30.2 Å². The number of imidazole rings is 1. The maximum Gasteiger partial charge on any atom is 0.105 e. The highest BCUT2D eigenvalue weighted by atomic mass is 15.0. The van der Waals surface area contributed by atoms with Gasteiger partial charge in [0.15, 0.2) is 0 Å². The summed E-state index contributed by atoms with van der Waals surface area (Å²) in [7, 11) is 2.05. The van der Waals surface area contributed by atoms with Gasteiger partial charge in [0.1, 0.15) is 5.69 Å². The van der Waals surface area contributed by atoms with Gasteiger partial charge in [-0.3, -0.25) is 4.99 Å². The van der Waals surface area contributed by atoms with E-state index < -0.39 is 0 Å². The number of fused-ring (bicyclic) bond motifs is 1. The van der Waals surface area contributed by atoms with E-state index in [2.05, 4.69) is 20.6 Å². The fourth-order valence-electron chi connectivity index (χ4n) is 1.74. The van der Waals surface area contributed by atoms with Crippen LogP contribution < -0.4 is 0 Å². The molecule has 3 heteroatoms. The predicted molar refractivity (Wildman–Crippen MR) is 57.5 cm³/mol. The number of allylic oxidation sites excluding steroid dienone is 1. The maximum atomic E-state index is 4.38. The highest BCUT2D eigenvalue weighted by Crippen LogP contribution is 2.13. The number of aliphatic imine (C=N–C) groups is 1. The number of rotatable bonds is 0. The molecule has 1 aromatic heterocycles. The Balaban J connectivity index is 2.46. The first-order chi connectivity index (χ1) is 6.79. The van der Waals surface area contributed by atoms with Crippen LogP contribution >= 0.6 is 0 Å². The van der Waals surface area contributed by atoms with E-state index in [1.54, 1.807) is 0 Å². The van der Waals surface area contributed by atoms with E-state index in [1.807, 2.05) is 26.5 Å². The molecule has 0 saturated carbocycles. The van der Waals surface area contributed by atoms with E-state index in [1.165, 1.54) is 12.1 Å². The third-order valence-corrected chi connectivity index (χ3v) is 2.56. The van der Waals surface area contributed by atoms with Gasteiger partial charge in [-0.2, -0.15) is 0 Å². The monoisotopic (exact) mass is 189 g/mol. The summed E-state index contributed by atoms with van der Waals surface area (Å²) < 4.78 is 2.10. The summed E-state index contributed by atoms with van der Waals surface area (Å²) in [5.74, 6) is 0. The normalized spacial score (nSPS) is 22.6. The van der Waals surface area contributed by atoms with Crippen molar-refractivity contribution in [3.63, 3.8) is 0 Å². The van der Waals surface area contributed by atoms with Crippen LogP contribution in [0.2, 0.25) is 0 Å². The highest BCUT2D eigenvalue weighted by Gasteiger charge is 2.11. The minimum Gasteiger partial charge on any atom is -0.337 e. The molecule has 0 aliphatic carbocycles. The van der Waals surface area contributed by atoms with Crippen LogP contribution in [0.25, 0.3) is 0 Å². The molecule has 2 heterocycles.